The molecular weight excluding hydrogens is 477 g/mol. The van der Waals surface area contributed by atoms with Crippen molar-refractivity contribution in [3.63, 3.8) is 0 Å². The third-order valence-electron chi connectivity index (χ3n) is 6.39. The summed E-state index contributed by atoms with van der Waals surface area (Å²) >= 11 is 0. The second-order valence-corrected chi connectivity index (χ2v) is 11.9. The quantitative estimate of drug-likeness (QED) is 0.0612. The summed E-state index contributed by atoms with van der Waals surface area (Å²) in [4.78, 5) is 21.5. The summed E-state index contributed by atoms with van der Waals surface area (Å²) in [6.07, 6.45) is 22.3. The van der Waals surface area contributed by atoms with Gasteiger partial charge in [0.1, 0.15) is 6.10 Å². The van der Waals surface area contributed by atoms with Crippen LogP contribution in [0.5, 0.6) is 0 Å². The normalized spacial score (nSPS) is 14.0. The van der Waals surface area contributed by atoms with Crippen molar-refractivity contribution < 1.29 is 28.3 Å². The van der Waals surface area contributed by atoms with Gasteiger partial charge in [-0.25, -0.2) is 0 Å². The lowest BCUT2D eigenvalue weighted by molar-refractivity contribution is -0.153. The number of esters is 1. The summed E-state index contributed by atoms with van der Waals surface area (Å²) in [5.41, 5.74) is 0. The number of rotatable bonds is 28. The summed E-state index contributed by atoms with van der Waals surface area (Å²) in [5, 5.41) is 2.82. The van der Waals surface area contributed by atoms with Gasteiger partial charge in [-0.2, -0.15) is 0 Å². The number of nitrogens with one attached hydrogen (secondary N) is 1. The third kappa shape index (κ3) is 25.2. The predicted octanol–water partition coefficient (Wildman–Crippen LogP) is 7.40. The van der Waals surface area contributed by atoms with Gasteiger partial charge in [-0.3, -0.25) is 9.36 Å². The second-order valence-electron chi connectivity index (χ2n) is 9.96. The molecule has 0 aliphatic heterocycles. The zero-order valence-corrected chi connectivity index (χ0v) is 24.7. The molecule has 0 heterocycles. The zero-order valence-electron chi connectivity index (χ0n) is 23.8. The maximum atomic E-state index is 12.0. The molecule has 2 unspecified atom stereocenters. The lowest BCUT2D eigenvalue weighted by Crippen LogP contribution is -2.28. The molecule has 36 heavy (non-hydrogen) atoms. The fraction of sp³-hybridized carbons (Fsp3) is 0.964. The fourth-order valence-corrected chi connectivity index (χ4v) is 5.08. The molecule has 0 aliphatic carbocycles. The van der Waals surface area contributed by atoms with Gasteiger partial charge in [-0.1, -0.05) is 117 Å². The van der Waals surface area contributed by atoms with E-state index >= 15 is 0 Å². The molecule has 0 aromatic carbocycles. The molecule has 7 nitrogen and oxygen atoms in total. The fourth-order valence-electron chi connectivity index (χ4n) is 4.05. The molecule has 2 atom stereocenters. The summed E-state index contributed by atoms with van der Waals surface area (Å²) in [5.74, 6) is -0.368. The summed E-state index contributed by atoms with van der Waals surface area (Å²) in [7, 11) is -2.00. The number of carbonyl (C=O) groups is 1. The highest BCUT2D eigenvalue weighted by Crippen LogP contribution is 2.41. The number of unbranched alkanes of at least 4 members (excludes halogenated alkanes) is 16. The van der Waals surface area contributed by atoms with Gasteiger partial charge in [0.2, 0.25) is 0 Å². The SMILES string of the molecule is CCCCCCCCCCCCCCCCCCCOCC(COP(=O)(O)CCNC)OC(=O)CC. The van der Waals surface area contributed by atoms with E-state index in [4.69, 9.17) is 14.0 Å². The molecular formula is C28H58NO6P. The molecule has 0 amide bonds. The number of ether oxygens (including phenoxy) is 2. The Bertz CT molecular complexity index is 534. The molecule has 0 saturated heterocycles. The van der Waals surface area contributed by atoms with E-state index in [1.807, 2.05) is 0 Å². The van der Waals surface area contributed by atoms with Gasteiger partial charge in [-0.15, -0.1) is 0 Å². The smallest absolute Gasteiger partial charge is 0.329 e. The van der Waals surface area contributed by atoms with Crippen LogP contribution in [-0.2, 0) is 23.4 Å². The Hall–Kier alpha value is -0.460. The van der Waals surface area contributed by atoms with Gasteiger partial charge in [-0.05, 0) is 13.5 Å². The zero-order chi connectivity index (χ0) is 26.7. The van der Waals surface area contributed by atoms with E-state index in [2.05, 4.69) is 12.2 Å². The molecule has 0 bridgehead atoms. The lowest BCUT2D eigenvalue weighted by Gasteiger charge is -2.20. The minimum atomic E-state index is -3.70. The molecule has 8 heteroatoms. The molecule has 0 saturated carbocycles. The predicted molar refractivity (Wildman–Crippen MR) is 150 cm³/mol. The average Bonchev–Trinajstić information content (AvgIpc) is 2.87. The largest absolute Gasteiger partial charge is 0.457 e. The first-order valence-corrected chi connectivity index (χ1v) is 16.6. The molecule has 2 N–H and O–H groups in total. The van der Waals surface area contributed by atoms with E-state index in [0.717, 1.165) is 12.8 Å². The van der Waals surface area contributed by atoms with E-state index in [-0.39, 0.29) is 31.8 Å². The van der Waals surface area contributed by atoms with Crippen molar-refractivity contribution in [1.82, 2.24) is 5.32 Å². The Labute approximate surface area is 222 Å². The van der Waals surface area contributed by atoms with Crippen molar-refractivity contribution in [3.05, 3.63) is 0 Å². The van der Waals surface area contributed by atoms with Crippen molar-refractivity contribution in [2.45, 2.75) is 136 Å². The highest BCUT2D eigenvalue weighted by Gasteiger charge is 2.23. The monoisotopic (exact) mass is 535 g/mol. The molecule has 0 rings (SSSR count). The van der Waals surface area contributed by atoms with E-state index in [1.165, 1.54) is 96.3 Å². The van der Waals surface area contributed by atoms with Crippen LogP contribution >= 0.6 is 7.60 Å². The first kappa shape index (κ1) is 35.5. The van der Waals surface area contributed by atoms with Crippen LogP contribution in [0.15, 0.2) is 0 Å². The van der Waals surface area contributed by atoms with Gasteiger partial charge in [0.25, 0.3) is 0 Å². The molecule has 216 valence electrons. The van der Waals surface area contributed by atoms with Crippen LogP contribution in [0.1, 0.15) is 129 Å². The summed E-state index contributed by atoms with van der Waals surface area (Å²) < 4.78 is 28.1. The van der Waals surface area contributed by atoms with Crippen molar-refractivity contribution in [1.29, 1.82) is 0 Å². The Kier molecular flexibility index (Phi) is 25.8. The van der Waals surface area contributed by atoms with E-state index < -0.39 is 13.7 Å². The highest BCUT2D eigenvalue weighted by molar-refractivity contribution is 7.52. The van der Waals surface area contributed by atoms with Crippen LogP contribution in [0.4, 0.5) is 0 Å². The van der Waals surface area contributed by atoms with Gasteiger partial charge in [0, 0.05) is 19.6 Å². The van der Waals surface area contributed by atoms with Crippen molar-refractivity contribution in [2.24, 2.45) is 0 Å². The van der Waals surface area contributed by atoms with Crippen molar-refractivity contribution in [2.75, 3.05) is 39.6 Å². The lowest BCUT2D eigenvalue weighted by atomic mass is 10.0. The Morgan fingerprint density at radius 3 is 1.69 bits per heavy atom. The molecule has 0 aliphatic rings. The minimum absolute atomic E-state index is 0.0120. The molecule has 0 aromatic rings. The van der Waals surface area contributed by atoms with Gasteiger partial charge >= 0.3 is 13.6 Å². The van der Waals surface area contributed by atoms with E-state index in [9.17, 15) is 14.3 Å². The van der Waals surface area contributed by atoms with Crippen LogP contribution in [-0.4, -0.2) is 56.5 Å². The van der Waals surface area contributed by atoms with Crippen LogP contribution < -0.4 is 5.32 Å². The molecule has 0 spiro atoms. The maximum absolute atomic E-state index is 12.0. The summed E-state index contributed by atoms with van der Waals surface area (Å²) in [6.45, 7) is 5.00. The van der Waals surface area contributed by atoms with Crippen molar-refractivity contribution in [3.8, 4) is 0 Å². The molecule has 0 aromatic heterocycles. The third-order valence-corrected chi connectivity index (χ3v) is 7.73. The Morgan fingerprint density at radius 2 is 1.25 bits per heavy atom. The van der Waals surface area contributed by atoms with Gasteiger partial charge in [0.05, 0.1) is 19.4 Å². The van der Waals surface area contributed by atoms with Crippen LogP contribution in [0.25, 0.3) is 0 Å². The number of carbonyl (C=O) groups excluding carboxylic acids is 1. The highest BCUT2D eigenvalue weighted by atomic mass is 31.2. The number of hydrogen-bond donors (Lipinski definition) is 2. The standard InChI is InChI=1S/C28H58NO6P/c1-4-6-7-8-9-10-11-12-13-14-15-16-17-18-19-20-21-23-33-25-27(35-28(30)5-2)26-34-36(31,32)24-22-29-3/h27,29H,4-26H2,1-3H3,(H,31,32). The van der Waals surface area contributed by atoms with E-state index in [0.29, 0.717) is 13.2 Å². The first-order chi connectivity index (χ1) is 17.4. The molecule has 0 radical (unpaired) electrons. The Balaban J connectivity index is 3.63. The Morgan fingerprint density at radius 1 is 0.778 bits per heavy atom. The first-order valence-electron chi connectivity index (χ1n) is 14.8. The average molecular weight is 536 g/mol. The topological polar surface area (TPSA) is 94.1 Å². The van der Waals surface area contributed by atoms with Crippen LogP contribution in [0.2, 0.25) is 0 Å². The number of hydrogen-bond acceptors (Lipinski definition) is 6. The maximum Gasteiger partial charge on any atom is 0.329 e. The molecule has 0 fully saturated rings. The van der Waals surface area contributed by atoms with Crippen molar-refractivity contribution >= 4 is 13.6 Å². The van der Waals surface area contributed by atoms with E-state index in [1.54, 1.807) is 14.0 Å². The van der Waals surface area contributed by atoms with Crippen LogP contribution in [0.3, 0.4) is 0 Å². The van der Waals surface area contributed by atoms with Crippen LogP contribution in [0, 0.1) is 0 Å². The minimum Gasteiger partial charge on any atom is -0.457 e. The van der Waals surface area contributed by atoms with Gasteiger partial charge < -0.3 is 24.2 Å². The second kappa shape index (κ2) is 26.2. The summed E-state index contributed by atoms with van der Waals surface area (Å²) in [6, 6.07) is 0. The van der Waals surface area contributed by atoms with Gasteiger partial charge in [0.15, 0.2) is 0 Å².